The van der Waals surface area contributed by atoms with Crippen molar-refractivity contribution in [1.29, 1.82) is 0 Å². The molecular formula is C24H30N2O5. The van der Waals surface area contributed by atoms with Gasteiger partial charge in [-0.1, -0.05) is 31.0 Å². The van der Waals surface area contributed by atoms with Crippen LogP contribution in [0.25, 0.3) is 0 Å². The Labute approximate surface area is 183 Å². The van der Waals surface area contributed by atoms with Crippen molar-refractivity contribution in [3.63, 3.8) is 0 Å². The lowest BCUT2D eigenvalue weighted by atomic mass is 10.1. The Balaban J connectivity index is 1.75. The van der Waals surface area contributed by atoms with Crippen LogP contribution >= 0.6 is 0 Å². The average molecular weight is 427 g/mol. The molecule has 31 heavy (non-hydrogen) atoms. The zero-order valence-electron chi connectivity index (χ0n) is 18.5. The minimum Gasteiger partial charge on any atom is -0.494 e. The first-order valence-electron chi connectivity index (χ1n) is 10.3. The average Bonchev–Trinajstić information content (AvgIpc) is 2.73. The maximum Gasteiger partial charge on any atom is 0.325 e. The minimum atomic E-state index is -0.694. The van der Waals surface area contributed by atoms with Crippen molar-refractivity contribution in [2.45, 2.75) is 40.5 Å². The molecule has 0 bridgehead atoms. The van der Waals surface area contributed by atoms with Crippen molar-refractivity contribution >= 4 is 23.5 Å². The molecule has 0 aliphatic carbocycles. The summed E-state index contributed by atoms with van der Waals surface area (Å²) in [7, 11) is 0. The van der Waals surface area contributed by atoms with Gasteiger partial charge in [0.25, 0.3) is 11.8 Å². The van der Waals surface area contributed by atoms with E-state index in [0.717, 1.165) is 29.5 Å². The van der Waals surface area contributed by atoms with Crippen molar-refractivity contribution in [3.8, 4) is 5.75 Å². The van der Waals surface area contributed by atoms with Crippen molar-refractivity contribution in [2.24, 2.45) is 0 Å². The van der Waals surface area contributed by atoms with E-state index < -0.39 is 24.4 Å². The van der Waals surface area contributed by atoms with Crippen LogP contribution in [0.15, 0.2) is 36.4 Å². The van der Waals surface area contributed by atoms with Gasteiger partial charge in [-0.05, 0) is 62.6 Å². The Morgan fingerprint density at radius 2 is 1.61 bits per heavy atom. The zero-order chi connectivity index (χ0) is 22.8. The predicted molar refractivity (Wildman–Crippen MR) is 119 cm³/mol. The van der Waals surface area contributed by atoms with Crippen LogP contribution in [-0.2, 0) is 14.3 Å². The molecule has 0 saturated carbocycles. The number of benzene rings is 2. The predicted octanol–water partition coefficient (Wildman–Crippen LogP) is 3.70. The van der Waals surface area contributed by atoms with E-state index in [1.165, 1.54) is 0 Å². The maximum absolute atomic E-state index is 12.2. The Morgan fingerprint density at radius 3 is 2.23 bits per heavy atom. The molecule has 0 radical (unpaired) electrons. The number of carbonyl (C=O) groups excluding carboxylic acids is 3. The number of anilines is 1. The molecule has 2 aromatic carbocycles. The van der Waals surface area contributed by atoms with E-state index in [2.05, 4.69) is 17.6 Å². The molecule has 7 heteroatoms. The van der Waals surface area contributed by atoms with Gasteiger partial charge in [-0.15, -0.1) is 0 Å². The van der Waals surface area contributed by atoms with E-state index >= 15 is 0 Å². The molecule has 2 amide bonds. The first-order valence-corrected chi connectivity index (χ1v) is 10.3. The third-order valence-corrected chi connectivity index (χ3v) is 4.58. The van der Waals surface area contributed by atoms with E-state index in [0.29, 0.717) is 23.6 Å². The molecule has 0 fully saturated rings. The summed E-state index contributed by atoms with van der Waals surface area (Å²) in [6, 6.07) is 10.6. The van der Waals surface area contributed by atoms with E-state index in [4.69, 9.17) is 9.47 Å². The van der Waals surface area contributed by atoms with Gasteiger partial charge in [-0.25, -0.2) is 0 Å². The maximum atomic E-state index is 12.2. The van der Waals surface area contributed by atoms with Gasteiger partial charge < -0.3 is 20.1 Å². The number of amides is 2. The number of aryl methyl sites for hydroxylation is 3. The summed E-state index contributed by atoms with van der Waals surface area (Å²) in [5.74, 6) is -0.851. The normalized spacial score (nSPS) is 10.3. The lowest BCUT2D eigenvalue weighted by Crippen LogP contribution is -2.32. The molecule has 0 atom stereocenters. The van der Waals surface area contributed by atoms with Gasteiger partial charge in [0.1, 0.15) is 12.3 Å². The van der Waals surface area contributed by atoms with Crippen LogP contribution in [0.2, 0.25) is 0 Å². The lowest BCUT2D eigenvalue weighted by molar-refractivity contribution is -0.146. The van der Waals surface area contributed by atoms with Gasteiger partial charge in [0.2, 0.25) is 0 Å². The van der Waals surface area contributed by atoms with E-state index in [1.54, 1.807) is 24.3 Å². The quantitative estimate of drug-likeness (QED) is 0.446. The molecule has 2 aromatic rings. The van der Waals surface area contributed by atoms with E-state index in [9.17, 15) is 14.4 Å². The molecule has 166 valence electrons. The minimum absolute atomic E-state index is 0.330. The first kappa shape index (κ1) is 23.9. The molecule has 0 aliphatic heterocycles. The molecule has 0 spiro atoms. The Bertz CT molecular complexity index is 899. The fourth-order valence-corrected chi connectivity index (χ4v) is 3.04. The van der Waals surface area contributed by atoms with Gasteiger partial charge >= 0.3 is 5.97 Å². The summed E-state index contributed by atoms with van der Waals surface area (Å²) >= 11 is 0. The Kier molecular flexibility index (Phi) is 9.06. The number of rotatable bonds is 10. The summed E-state index contributed by atoms with van der Waals surface area (Å²) in [5.41, 5.74) is 4.09. The summed E-state index contributed by atoms with van der Waals surface area (Å²) in [6.45, 7) is 7.75. The van der Waals surface area contributed by atoms with Crippen molar-refractivity contribution in [3.05, 3.63) is 58.7 Å². The number of hydrogen-bond acceptors (Lipinski definition) is 5. The Morgan fingerprint density at radius 1 is 0.968 bits per heavy atom. The molecule has 0 unspecified atom stereocenters. The Hall–Kier alpha value is -3.35. The van der Waals surface area contributed by atoms with Crippen molar-refractivity contribution < 1.29 is 23.9 Å². The number of hydrogen-bond donors (Lipinski definition) is 2. The fourth-order valence-electron chi connectivity index (χ4n) is 3.04. The molecule has 7 nitrogen and oxygen atoms in total. The molecular weight excluding hydrogens is 396 g/mol. The second-order valence-corrected chi connectivity index (χ2v) is 7.39. The standard InChI is InChI=1S/C24H30N2O5/c1-5-6-11-30-20-9-7-19(8-10-20)24(29)25-14-22(28)31-15-21(27)26-23-17(3)12-16(2)13-18(23)4/h7-10,12-13H,5-6,11,14-15H2,1-4H3,(H,25,29)(H,26,27). The molecule has 2 N–H and O–H groups in total. The van der Waals surface area contributed by atoms with Gasteiger partial charge in [0, 0.05) is 11.3 Å². The molecule has 0 aromatic heterocycles. The third-order valence-electron chi connectivity index (χ3n) is 4.58. The molecule has 2 rings (SSSR count). The summed E-state index contributed by atoms with van der Waals surface area (Å²) in [5, 5.41) is 5.24. The highest BCUT2D eigenvalue weighted by molar-refractivity contribution is 5.97. The lowest BCUT2D eigenvalue weighted by Gasteiger charge is -2.13. The highest BCUT2D eigenvalue weighted by Gasteiger charge is 2.13. The van der Waals surface area contributed by atoms with Gasteiger partial charge in [0.15, 0.2) is 6.61 Å². The van der Waals surface area contributed by atoms with Crippen molar-refractivity contribution in [2.75, 3.05) is 25.1 Å². The van der Waals surface area contributed by atoms with Gasteiger partial charge in [-0.3, -0.25) is 14.4 Å². The van der Waals surface area contributed by atoms with Crippen molar-refractivity contribution in [1.82, 2.24) is 5.32 Å². The number of nitrogens with one attached hydrogen (secondary N) is 2. The van der Waals surface area contributed by atoms with Gasteiger partial charge in [0.05, 0.1) is 6.61 Å². The topological polar surface area (TPSA) is 93.7 Å². The zero-order valence-corrected chi connectivity index (χ0v) is 18.5. The van der Waals surface area contributed by atoms with E-state index in [1.807, 2.05) is 32.9 Å². The molecule has 0 aliphatic rings. The fraction of sp³-hybridized carbons (Fsp3) is 0.375. The van der Waals surface area contributed by atoms with E-state index in [-0.39, 0.29) is 6.54 Å². The summed E-state index contributed by atoms with van der Waals surface area (Å²) in [4.78, 5) is 36.1. The largest absolute Gasteiger partial charge is 0.494 e. The van der Waals surface area contributed by atoms with Crippen LogP contribution in [-0.4, -0.2) is 37.5 Å². The molecule has 0 heterocycles. The third kappa shape index (κ3) is 7.77. The number of carbonyl (C=O) groups is 3. The molecule has 0 saturated heterocycles. The number of ether oxygens (including phenoxy) is 2. The SMILES string of the molecule is CCCCOc1ccc(C(=O)NCC(=O)OCC(=O)Nc2c(C)cc(C)cc2C)cc1. The second kappa shape index (κ2) is 11.7. The van der Waals surface area contributed by atoms with Crippen LogP contribution in [0.4, 0.5) is 5.69 Å². The van der Waals surface area contributed by atoms with Gasteiger partial charge in [-0.2, -0.15) is 0 Å². The first-order chi connectivity index (χ1) is 14.8. The van der Waals surface area contributed by atoms with Crippen LogP contribution in [0.5, 0.6) is 5.75 Å². The smallest absolute Gasteiger partial charge is 0.325 e. The monoisotopic (exact) mass is 426 g/mol. The number of unbranched alkanes of at least 4 members (excludes halogenated alkanes) is 1. The van der Waals surface area contributed by atoms with Crippen LogP contribution in [0.3, 0.4) is 0 Å². The highest BCUT2D eigenvalue weighted by atomic mass is 16.5. The summed E-state index contributed by atoms with van der Waals surface area (Å²) in [6.07, 6.45) is 2.01. The second-order valence-electron chi connectivity index (χ2n) is 7.39. The van der Waals surface area contributed by atoms with Crippen LogP contribution < -0.4 is 15.4 Å². The van der Waals surface area contributed by atoms with Crippen LogP contribution in [0, 0.1) is 20.8 Å². The highest BCUT2D eigenvalue weighted by Crippen LogP contribution is 2.21. The van der Waals surface area contributed by atoms with Crippen LogP contribution in [0.1, 0.15) is 46.8 Å². The number of esters is 1. The summed E-state index contributed by atoms with van der Waals surface area (Å²) < 4.78 is 10.5.